The topological polar surface area (TPSA) is 290 Å². The average Bonchev–Trinajstić information content (AvgIpc) is 3.07. The fraction of sp³-hybridized carbons (Fsp3) is 0.588. The van der Waals surface area contributed by atoms with Crippen LogP contribution in [0.15, 0.2) is 15.8 Å². The second kappa shape index (κ2) is 11.2. The third kappa shape index (κ3) is 6.61. The van der Waals surface area contributed by atoms with Crippen molar-refractivity contribution in [1.82, 2.24) is 14.9 Å². The maximum Gasteiger partial charge on any atom is 0.423 e. The molecule has 0 aliphatic carbocycles. The number of hydrogen-bond donors (Lipinski definition) is 9. The maximum absolute atomic E-state index is 13.1. The molecule has 11 N–H and O–H groups in total. The molecular weight excluding hydrogens is 523 g/mol. The van der Waals surface area contributed by atoms with Gasteiger partial charge in [-0.15, -0.1) is 0 Å². The van der Waals surface area contributed by atoms with Crippen molar-refractivity contribution < 1.29 is 62.6 Å². The molecule has 0 saturated carbocycles. The van der Waals surface area contributed by atoms with Crippen molar-refractivity contribution in [2.75, 3.05) is 6.61 Å². The summed E-state index contributed by atoms with van der Waals surface area (Å²) in [7, 11) is 0. The SMILES string of the molecule is NC(=O)OC[C@H](O)[C@@H](O)[C@H](N)C(=O)N[C@@H](C(=O)O)[C@H]1O[C@@H](n2cc(C(F)(F)F)c(=O)[nH]c2=O)[C@H](O)[C@@H]1O. The molecular formula is C17H22F3N5O12. The number of aliphatic carboxylic acids is 1. The van der Waals surface area contributed by atoms with Gasteiger partial charge in [-0.3, -0.25) is 19.1 Å². The number of nitrogens with two attached hydrogens (primary N) is 2. The van der Waals surface area contributed by atoms with Gasteiger partial charge in [0.05, 0.1) is 0 Å². The Morgan fingerprint density at radius 1 is 1.22 bits per heavy atom. The molecule has 0 bridgehead atoms. The minimum Gasteiger partial charge on any atom is -0.480 e. The highest BCUT2D eigenvalue weighted by Gasteiger charge is 2.51. The van der Waals surface area contributed by atoms with Gasteiger partial charge >= 0.3 is 23.9 Å². The van der Waals surface area contributed by atoms with Gasteiger partial charge in [0, 0.05) is 6.20 Å². The Bertz CT molecular complexity index is 1140. The highest BCUT2D eigenvalue weighted by molar-refractivity contribution is 5.87. The summed E-state index contributed by atoms with van der Waals surface area (Å²) in [6, 6.07) is -4.34. The molecule has 1 saturated heterocycles. The van der Waals surface area contributed by atoms with Crippen molar-refractivity contribution in [1.29, 1.82) is 0 Å². The fourth-order valence-corrected chi connectivity index (χ4v) is 3.26. The maximum atomic E-state index is 13.1. The first-order valence-electron chi connectivity index (χ1n) is 9.98. The first kappa shape index (κ1) is 29.7. The Kier molecular flexibility index (Phi) is 9.00. The van der Waals surface area contributed by atoms with E-state index >= 15 is 0 Å². The molecule has 208 valence electrons. The first-order valence-corrected chi connectivity index (χ1v) is 9.98. The number of hydrogen-bond acceptors (Lipinski definition) is 12. The lowest BCUT2D eigenvalue weighted by molar-refractivity contribution is -0.150. The summed E-state index contributed by atoms with van der Waals surface area (Å²) in [4.78, 5) is 59.5. The van der Waals surface area contributed by atoms with Gasteiger partial charge in [0.2, 0.25) is 5.91 Å². The van der Waals surface area contributed by atoms with E-state index in [9.17, 15) is 62.7 Å². The summed E-state index contributed by atoms with van der Waals surface area (Å²) < 4.78 is 48.6. The second-order valence-corrected chi connectivity index (χ2v) is 7.72. The number of carboxylic acids is 1. The quantitative estimate of drug-likeness (QED) is 0.140. The molecule has 1 aliphatic heterocycles. The number of carbonyl (C=O) groups is 3. The summed E-state index contributed by atoms with van der Waals surface area (Å²) in [6.45, 7) is -0.897. The zero-order chi connectivity index (χ0) is 28.4. The molecule has 1 aromatic rings. The number of aromatic amines is 1. The molecule has 1 fully saturated rings. The lowest BCUT2D eigenvalue weighted by Crippen LogP contribution is -2.60. The number of H-pyrrole nitrogens is 1. The molecule has 8 atom stereocenters. The molecule has 1 aromatic heterocycles. The van der Waals surface area contributed by atoms with E-state index in [-0.39, 0.29) is 10.8 Å². The number of aliphatic hydroxyl groups excluding tert-OH is 4. The third-order valence-corrected chi connectivity index (χ3v) is 5.18. The van der Waals surface area contributed by atoms with Crippen LogP contribution >= 0.6 is 0 Å². The Balaban J connectivity index is 2.28. The van der Waals surface area contributed by atoms with Crippen molar-refractivity contribution in [3.8, 4) is 0 Å². The molecule has 2 amide bonds. The fourth-order valence-electron chi connectivity index (χ4n) is 3.26. The molecule has 17 nitrogen and oxygen atoms in total. The van der Waals surface area contributed by atoms with E-state index in [1.54, 1.807) is 5.32 Å². The van der Waals surface area contributed by atoms with Crippen LogP contribution in [0.4, 0.5) is 18.0 Å². The second-order valence-electron chi connectivity index (χ2n) is 7.72. The standard InChI is InChI=1S/C17H22F3N5O12/c18-17(19,20)3-1-25(16(35)24-11(3)30)13-9(29)8(28)10(37-13)6(14(32)33)23-12(31)5(21)7(27)4(26)2-36-15(22)34/h1,4-10,13,26-29H,2,21H2,(H2,22,34)(H,23,31)(H,32,33)(H,24,30,35)/t4-,5-,6+,7+,8-,9+,10+,13+/m0/s1. The van der Waals surface area contributed by atoms with Gasteiger partial charge in [0.1, 0.15) is 48.7 Å². The number of carbonyl (C=O) groups excluding carboxylic acids is 2. The van der Waals surface area contributed by atoms with E-state index < -0.39 is 96.4 Å². The molecule has 0 aromatic carbocycles. The van der Waals surface area contributed by atoms with Crippen LogP contribution < -0.4 is 28.0 Å². The number of alkyl halides is 3. The summed E-state index contributed by atoms with van der Waals surface area (Å²) in [5.74, 6) is -3.39. The largest absolute Gasteiger partial charge is 0.480 e. The number of rotatable bonds is 9. The van der Waals surface area contributed by atoms with Crippen LogP contribution in [-0.2, 0) is 25.2 Å². The third-order valence-electron chi connectivity index (χ3n) is 5.18. The summed E-state index contributed by atoms with van der Waals surface area (Å²) >= 11 is 0. The number of ether oxygens (including phenoxy) is 2. The van der Waals surface area contributed by atoms with Crippen LogP contribution in [0.5, 0.6) is 0 Å². The molecule has 1 aliphatic rings. The zero-order valence-corrected chi connectivity index (χ0v) is 18.2. The number of aliphatic hydroxyl groups is 4. The smallest absolute Gasteiger partial charge is 0.423 e. The van der Waals surface area contributed by atoms with E-state index in [1.165, 1.54) is 4.98 Å². The van der Waals surface area contributed by atoms with E-state index in [1.807, 2.05) is 0 Å². The minimum absolute atomic E-state index is 0.0136. The lowest BCUT2D eigenvalue weighted by atomic mass is 10.0. The van der Waals surface area contributed by atoms with Crippen LogP contribution in [0, 0.1) is 0 Å². The Hall–Kier alpha value is -3.56. The van der Waals surface area contributed by atoms with Gasteiger partial charge in [-0.05, 0) is 0 Å². The van der Waals surface area contributed by atoms with Gasteiger partial charge in [0.25, 0.3) is 5.56 Å². The Morgan fingerprint density at radius 3 is 2.32 bits per heavy atom. The molecule has 2 rings (SSSR count). The number of nitrogens with zero attached hydrogens (tertiary/aromatic N) is 1. The van der Waals surface area contributed by atoms with Crippen molar-refractivity contribution in [2.45, 2.75) is 55.0 Å². The minimum atomic E-state index is -5.24. The first-order chi connectivity index (χ1) is 17.0. The molecule has 2 heterocycles. The van der Waals surface area contributed by atoms with Gasteiger partial charge in [-0.2, -0.15) is 13.2 Å². The number of primary amides is 1. The van der Waals surface area contributed by atoms with Gasteiger partial charge in [-0.1, -0.05) is 0 Å². The van der Waals surface area contributed by atoms with Crippen LogP contribution in [0.25, 0.3) is 0 Å². The van der Waals surface area contributed by atoms with E-state index in [4.69, 9.17) is 10.5 Å². The predicted octanol–water partition coefficient (Wildman–Crippen LogP) is -5.11. The number of amides is 2. The van der Waals surface area contributed by atoms with Gasteiger partial charge in [-0.25, -0.2) is 14.4 Å². The monoisotopic (exact) mass is 545 g/mol. The van der Waals surface area contributed by atoms with E-state index in [0.717, 1.165) is 0 Å². The van der Waals surface area contributed by atoms with Crippen molar-refractivity contribution in [3.63, 3.8) is 0 Å². The van der Waals surface area contributed by atoms with Gasteiger partial charge < -0.3 is 51.8 Å². The Labute approximate surface area is 202 Å². The summed E-state index contributed by atoms with van der Waals surface area (Å²) in [5, 5.41) is 51.4. The van der Waals surface area contributed by atoms with Crippen LogP contribution in [0.2, 0.25) is 0 Å². The predicted molar refractivity (Wildman–Crippen MR) is 107 cm³/mol. The van der Waals surface area contributed by atoms with Crippen LogP contribution in [0.1, 0.15) is 11.8 Å². The molecule has 0 unspecified atom stereocenters. The lowest BCUT2D eigenvalue weighted by Gasteiger charge is -2.27. The van der Waals surface area contributed by atoms with Crippen molar-refractivity contribution in [3.05, 3.63) is 32.6 Å². The number of halogens is 3. The molecule has 0 spiro atoms. The number of nitrogens with one attached hydrogen (secondary N) is 2. The van der Waals surface area contributed by atoms with E-state index in [0.29, 0.717) is 0 Å². The van der Waals surface area contributed by atoms with Gasteiger partial charge in [0.15, 0.2) is 12.3 Å². The summed E-state index contributed by atoms with van der Waals surface area (Å²) in [5.41, 5.74) is 4.95. The van der Waals surface area contributed by atoms with E-state index in [2.05, 4.69) is 10.5 Å². The van der Waals surface area contributed by atoms with Crippen LogP contribution in [-0.4, -0.2) is 102 Å². The van der Waals surface area contributed by atoms with Crippen molar-refractivity contribution in [2.24, 2.45) is 11.5 Å². The van der Waals surface area contributed by atoms with Crippen molar-refractivity contribution >= 4 is 18.0 Å². The number of aromatic nitrogens is 2. The van der Waals surface area contributed by atoms with Crippen LogP contribution in [0.3, 0.4) is 0 Å². The highest BCUT2D eigenvalue weighted by atomic mass is 19.4. The summed E-state index contributed by atoms with van der Waals surface area (Å²) in [6.07, 6.45) is -19.4. The molecule has 37 heavy (non-hydrogen) atoms. The Morgan fingerprint density at radius 2 is 1.81 bits per heavy atom. The molecule has 0 radical (unpaired) electrons. The normalized spacial score (nSPS) is 25.1. The zero-order valence-electron chi connectivity index (χ0n) is 18.2. The number of carboxylic acid groups (broad SMARTS) is 1. The average molecular weight is 545 g/mol. The highest BCUT2D eigenvalue weighted by Crippen LogP contribution is 2.32. The molecule has 20 heteroatoms.